The van der Waals surface area contributed by atoms with E-state index in [1.54, 1.807) is 12.4 Å². The van der Waals surface area contributed by atoms with E-state index in [4.69, 9.17) is 4.74 Å². The molecule has 0 radical (unpaired) electrons. The molecule has 3 rings (SSSR count). The Bertz CT molecular complexity index is 693. The van der Waals surface area contributed by atoms with Crippen molar-refractivity contribution in [2.45, 2.75) is 52.0 Å². The van der Waals surface area contributed by atoms with Gasteiger partial charge in [0.15, 0.2) is 0 Å². The zero-order chi connectivity index (χ0) is 18.4. The van der Waals surface area contributed by atoms with E-state index in [1.807, 2.05) is 32.0 Å². The first-order chi connectivity index (χ1) is 12.7. The fourth-order valence-corrected chi connectivity index (χ4v) is 3.28. The molecule has 6 nitrogen and oxygen atoms in total. The highest BCUT2D eigenvalue weighted by Gasteiger charge is 2.21. The highest BCUT2D eigenvalue weighted by molar-refractivity contribution is 5.37. The van der Waals surface area contributed by atoms with Crippen LogP contribution < -0.4 is 15.0 Å². The number of aliphatic hydroxyl groups excluding tert-OH is 1. The zero-order valence-electron chi connectivity index (χ0n) is 15.6. The van der Waals surface area contributed by atoms with Gasteiger partial charge in [-0.2, -0.15) is 0 Å². The second kappa shape index (κ2) is 8.96. The average molecular weight is 356 g/mol. The predicted octanol–water partition coefficient (Wildman–Crippen LogP) is 2.51. The summed E-state index contributed by atoms with van der Waals surface area (Å²) < 4.78 is 5.75. The average Bonchev–Trinajstić information content (AvgIpc) is 2.67. The third kappa shape index (κ3) is 4.93. The summed E-state index contributed by atoms with van der Waals surface area (Å²) >= 11 is 0. The number of rotatable bonds is 7. The summed E-state index contributed by atoms with van der Waals surface area (Å²) in [5.74, 6) is 1.56. The maximum Gasteiger partial charge on any atom is 0.225 e. The van der Waals surface area contributed by atoms with Crippen molar-refractivity contribution in [3.05, 3.63) is 47.8 Å². The van der Waals surface area contributed by atoms with Crippen molar-refractivity contribution in [3.63, 3.8) is 0 Å². The third-order valence-electron chi connectivity index (χ3n) is 4.51. The summed E-state index contributed by atoms with van der Waals surface area (Å²) in [6, 6.07) is 8.27. The fraction of sp³-hybridized carbons (Fsp3) is 0.500. The second-order valence-electron chi connectivity index (χ2n) is 6.98. The molecule has 1 saturated heterocycles. The van der Waals surface area contributed by atoms with Crippen LogP contribution in [-0.4, -0.2) is 40.3 Å². The molecule has 1 atom stereocenters. The number of anilines is 1. The molecule has 0 amide bonds. The molecular weight excluding hydrogens is 328 g/mol. The van der Waals surface area contributed by atoms with E-state index in [-0.39, 0.29) is 12.7 Å². The van der Waals surface area contributed by atoms with Crippen LogP contribution in [0.4, 0.5) is 5.95 Å². The summed E-state index contributed by atoms with van der Waals surface area (Å²) in [5, 5.41) is 13.2. The Morgan fingerprint density at radius 2 is 2.12 bits per heavy atom. The van der Waals surface area contributed by atoms with E-state index >= 15 is 0 Å². The number of nitrogens with zero attached hydrogens (tertiary/aromatic N) is 3. The van der Waals surface area contributed by atoms with Crippen LogP contribution in [0, 0.1) is 0 Å². The molecule has 140 valence electrons. The van der Waals surface area contributed by atoms with Gasteiger partial charge >= 0.3 is 0 Å². The fourth-order valence-electron chi connectivity index (χ4n) is 3.28. The van der Waals surface area contributed by atoms with E-state index in [0.29, 0.717) is 6.04 Å². The van der Waals surface area contributed by atoms with Gasteiger partial charge in [0.05, 0.1) is 12.7 Å². The number of hydrogen-bond acceptors (Lipinski definition) is 6. The first kappa shape index (κ1) is 18.6. The monoisotopic (exact) mass is 356 g/mol. The highest BCUT2D eigenvalue weighted by atomic mass is 16.5. The van der Waals surface area contributed by atoms with E-state index in [2.05, 4.69) is 26.3 Å². The van der Waals surface area contributed by atoms with E-state index in [9.17, 15) is 5.11 Å². The molecule has 26 heavy (non-hydrogen) atoms. The minimum Gasteiger partial charge on any atom is -0.491 e. The van der Waals surface area contributed by atoms with Crippen LogP contribution in [0.25, 0.3) is 0 Å². The van der Waals surface area contributed by atoms with Crippen molar-refractivity contribution < 1.29 is 9.84 Å². The van der Waals surface area contributed by atoms with Crippen molar-refractivity contribution in [2.75, 3.05) is 18.0 Å². The molecule has 1 aromatic heterocycles. The van der Waals surface area contributed by atoms with Crippen LogP contribution in [0.5, 0.6) is 5.75 Å². The van der Waals surface area contributed by atoms with Crippen LogP contribution in [0.15, 0.2) is 36.7 Å². The lowest BCUT2D eigenvalue weighted by Crippen LogP contribution is -2.46. The predicted molar refractivity (Wildman–Crippen MR) is 102 cm³/mol. The van der Waals surface area contributed by atoms with Crippen molar-refractivity contribution in [1.82, 2.24) is 15.3 Å². The summed E-state index contributed by atoms with van der Waals surface area (Å²) in [7, 11) is 0. The van der Waals surface area contributed by atoms with E-state index in [0.717, 1.165) is 55.3 Å². The lowest BCUT2D eigenvalue weighted by Gasteiger charge is -2.33. The lowest BCUT2D eigenvalue weighted by molar-refractivity contribution is 0.225. The molecule has 1 aromatic carbocycles. The quantitative estimate of drug-likeness (QED) is 0.794. The molecular formula is C20H28N4O2. The van der Waals surface area contributed by atoms with Gasteiger partial charge in [-0.05, 0) is 50.5 Å². The molecule has 0 bridgehead atoms. The number of aliphatic hydroxyl groups is 1. The van der Waals surface area contributed by atoms with Crippen molar-refractivity contribution >= 4 is 5.95 Å². The number of nitrogens with one attached hydrogen (secondary N) is 1. The molecule has 0 spiro atoms. The number of piperidine rings is 1. The SMILES string of the molecule is CC(C)Oc1ccc(CNC2CCCN(c3ncccn3)C2)cc1CO. The van der Waals surface area contributed by atoms with Gasteiger partial charge in [-0.1, -0.05) is 6.07 Å². The number of aromatic nitrogens is 2. The van der Waals surface area contributed by atoms with Crippen LogP contribution in [0.3, 0.4) is 0 Å². The summed E-state index contributed by atoms with van der Waals surface area (Å²) in [6.07, 6.45) is 5.94. The van der Waals surface area contributed by atoms with Gasteiger partial charge in [-0.25, -0.2) is 9.97 Å². The molecule has 0 aliphatic carbocycles. The van der Waals surface area contributed by atoms with Gasteiger partial charge in [0, 0.05) is 43.6 Å². The zero-order valence-corrected chi connectivity index (χ0v) is 15.6. The molecule has 1 unspecified atom stereocenters. The number of hydrogen-bond donors (Lipinski definition) is 2. The Morgan fingerprint density at radius 1 is 1.31 bits per heavy atom. The number of benzene rings is 1. The van der Waals surface area contributed by atoms with E-state index in [1.165, 1.54) is 0 Å². The largest absolute Gasteiger partial charge is 0.491 e. The summed E-state index contributed by atoms with van der Waals surface area (Å²) in [4.78, 5) is 10.9. The van der Waals surface area contributed by atoms with Gasteiger partial charge in [0.1, 0.15) is 5.75 Å². The minimum absolute atomic E-state index is 0.0154. The Kier molecular flexibility index (Phi) is 6.41. The third-order valence-corrected chi connectivity index (χ3v) is 4.51. The second-order valence-corrected chi connectivity index (χ2v) is 6.98. The Hall–Kier alpha value is -2.18. The lowest BCUT2D eigenvalue weighted by atomic mass is 10.0. The molecule has 2 N–H and O–H groups in total. The molecule has 6 heteroatoms. The summed E-state index contributed by atoms with van der Waals surface area (Å²) in [5.41, 5.74) is 1.99. The van der Waals surface area contributed by atoms with Gasteiger partial charge in [-0.3, -0.25) is 0 Å². The topological polar surface area (TPSA) is 70.5 Å². The van der Waals surface area contributed by atoms with Crippen LogP contribution in [-0.2, 0) is 13.2 Å². The van der Waals surface area contributed by atoms with Gasteiger partial charge < -0.3 is 20.1 Å². The normalized spacial score (nSPS) is 17.5. The van der Waals surface area contributed by atoms with Crippen LogP contribution in [0.1, 0.15) is 37.8 Å². The minimum atomic E-state index is -0.0154. The van der Waals surface area contributed by atoms with Gasteiger partial charge in [-0.15, -0.1) is 0 Å². The Morgan fingerprint density at radius 3 is 2.85 bits per heavy atom. The maximum absolute atomic E-state index is 9.61. The Labute approximate surface area is 155 Å². The molecule has 1 aliphatic heterocycles. The maximum atomic E-state index is 9.61. The smallest absolute Gasteiger partial charge is 0.225 e. The first-order valence-corrected chi connectivity index (χ1v) is 9.30. The summed E-state index contributed by atoms with van der Waals surface area (Å²) in [6.45, 7) is 6.63. The standard InChI is InChI=1S/C20H28N4O2/c1-15(2)26-19-7-6-16(11-17(19)14-25)12-23-18-5-3-10-24(13-18)20-21-8-4-9-22-20/h4,6-9,11,15,18,23,25H,3,5,10,12-14H2,1-2H3. The molecule has 1 aliphatic rings. The first-order valence-electron chi connectivity index (χ1n) is 9.30. The van der Waals surface area contributed by atoms with Crippen LogP contribution >= 0.6 is 0 Å². The van der Waals surface area contributed by atoms with Gasteiger partial charge in [0.2, 0.25) is 5.95 Å². The van der Waals surface area contributed by atoms with Crippen molar-refractivity contribution in [3.8, 4) is 5.75 Å². The van der Waals surface area contributed by atoms with Crippen molar-refractivity contribution in [2.24, 2.45) is 0 Å². The van der Waals surface area contributed by atoms with Crippen molar-refractivity contribution in [1.29, 1.82) is 0 Å². The van der Waals surface area contributed by atoms with E-state index < -0.39 is 0 Å². The van der Waals surface area contributed by atoms with Crippen LogP contribution in [0.2, 0.25) is 0 Å². The molecule has 2 aromatic rings. The Balaban J connectivity index is 1.58. The van der Waals surface area contributed by atoms with Gasteiger partial charge in [0.25, 0.3) is 0 Å². The molecule has 0 saturated carbocycles. The number of ether oxygens (including phenoxy) is 1. The molecule has 1 fully saturated rings. The highest BCUT2D eigenvalue weighted by Crippen LogP contribution is 2.22. The molecule has 2 heterocycles.